The Morgan fingerprint density at radius 1 is 0.962 bits per heavy atom. The Hall–Kier alpha value is -2.82. The zero-order chi connectivity index (χ0) is 17.9. The largest absolute Gasteiger partial charge is 0.456 e. The van der Waals surface area contributed by atoms with Crippen LogP contribution in [-0.4, -0.2) is 18.4 Å². The quantitative estimate of drug-likeness (QED) is 0.740. The summed E-state index contributed by atoms with van der Waals surface area (Å²) < 4.78 is 5.79. The Labute approximate surface area is 151 Å². The van der Waals surface area contributed by atoms with Gasteiger partial charge in [0.25, 0.3) is 0 Å². The fourth-order valence-electron chi connectivity index (χ4n) is 3.69. The lowest BCUT2D eigenvalue weighted by atomic mass is 9.89. The molecule has 0 aliphatic heterocycles. The SMILES string of the molecule is O=C(CNC(=O)C1CCCCC1)Nc1ccc2oc3ccccc3c2c1. The first-order valence-corrected chi connectivity index (χ1v) is 9.19. The first-order valence-electron chi connectivity index (χ1n) is 9.19. The lowest BCUT2D eigenvalue weighted by Gasteiger charge is -2.20. The van der Waals surface area contributed by atoms with Crippen LogP contribution in [0.25, 0.3) is 21.9 Å². The minimum Gasteiger partial charge on any atom is -0.456 e. The smallest absolute Gasteiger partial charge is 0.243 e. The van der Waals surface area contributed by atoms with Gasteiger partial charge in [-0.05, 0) is 37.1 Å². The van der Waals surface area contributed by atoms with Gasteiger partial charge in [0.15, 0.2) is 0 Å². The van der Waals surface area contributed by atoms with Gasteiger partial charge in [-0.15, -0.1) is 0 Å². The highest BCUT2D eigenvalue weighted by atomic mass is 16.3. The summed E-state index contributed by atoms with van der Waals surface area (Å²) in [5.74, 6) is -0.164. The second kappa shape index (κ2) is 7.20. The average molecular weight is 350 g/mol. The molecule has 2 N–H and O–H groups in total. The third kappa shape index (κ3) is 3.43. The molecule has 5 heteroatoms. The first-order chi connectivity index (χ1) is 12.7. The van der Waals surface area contributed by atoms with Crippen LogP contribution in [0.3, 0.4) is 0 Å². The Kier molecular flexibility index (Phi) is 4.61. The zero-order valence-corrected chi connectivity index (χ0v) is 14.6. The number of para-hydroxylation sites is 1. The minimum atomic E-state index is -0.221. The van der Waals surface area contributed by atoms with Gasteiger partial charge in [0.2, 0.25) is 11.8 Å². The van der Waals surface area contributed by atoms with Gasteiger partial charge in [-0.2, -0.15) is 0 Å². The molecule has 1 aromatic heterocycles. The number of amides is 2. The topological polar surface area (TPSA) is 71.3 Å². The summed E-state index contributed by atoms with van der Waals surface area (Å²) in [4.78, 5) is 24.3. The molecule has 1 aliphatic carbocycles. The Morgan fingerprint density at radius 3 is 2.58 bits per heavy atom. The van der Waals surface area contributed by atoms with Crippen LogP contribution in [0, 0.1) is 5.92 Å². The van der Waals surface area contributed by atoms with Gasteiger partial charge in [-0.1, -0.05) is 37.5 Å². The van der Waals surface area contributed by atoms with E-state index in [2.05, 4.69) is 10.6 Å². The number of carbonyl (C=O) groups excluding carboxylic acids is 2. The molecule has 0 spiro atoms. The summed E-state index contributed by atoms with van der Waals surface area (Å²) in [5.41, 5.74) is 2.31. The van der Waals surface area contributed by atoms with Gasteiger partial charge < -0.3 is 15.1 Å². The number of carbonyl (C=O) groups is 2. The third-order valence-electron chi connectivity index (χ3n) is 5.06. The molecule has 4 rings (SSSR count). The van der Waals surface area contributed by atoms with E-state index in [0.29, 0.717) is 5.69 Å². The van der Waals surface area contributed by atoms with Crippen LogP contribution >= 0.6 is 0 Å². The van der Waals surface area contributed by atoms with Crippen LogP contribution in [0.4, 0.5) is 5.69 Å². The molecule has 1 heterocycles. The maximum Gasteiger partial charge on any atom is 0.243 e. The summed E-state index contributed by atoms with van der Waals surface area (Å²) in [6, 6.07) is 13.4. The van der Waals surface area contributed by atoms with Gasteiger partial charge in [0.05, 0.1) is 6.54 Å². The molecule has 0 unspecified atom stereocenters. The highest BCUT2D eigenvalue weighted by Gasteiger charge is 2.21. The predicted octanol–water partition coefficient (Wildman–Crippen LogP) is 4.22. The van der Waals surface area contributed by atoms with Crippen LogP contribution < -0.4 is 10.6 Å². The summed E-state index contributed by atoms with van der Waals surface area (Å²) in [5, 5.41) is 7.60. The van der Waals surface area contributed by atoms with Crippen molar-refractivity contribution in [1.29, 1.82) is 0 Å². The number of nitrogens with one attached hydrogen (secondary N) is 2. The van der Waals surface area contributed by atoms with E-state index < -0.39 is 0 Å². The molecule has 0 atom stereocenters. The molecule has 0 saturated heterocycles. The fourth-order valence-corrected chi connectivity index (χ4v) is 3.69. The second-order valence-corrected chi connectivity index (χ2v) is 6.91. The van der Waals surface area contributed by atoms with Gasteiger partial charge >= 0.3 is 0 Å². The van der Waals surface area contributed by atoms with Crippen molar-refractivity contribution < 1.29 is 14.0 Å². The van der Waals surface area contributed by atoms with Crippen molar-refractivity contribution in [3.63, 3.8) is 0 Å². The Balaban J connectivity index is 1.40. The first kappa shape index (κ1) is 16.6. The number of anilines is 1. The molecule has 0 radical (unpaired) electrons. The van der Waals surface area contributed by atoms with Crippen molar-refractivity contribution >= 4 is 39.4 Å². The van der Waals surface area contributed by atoms with E-state index in [9.17, 15) is 9.59 Å². The molecule has 1 fully saturated rings. The fraction of sp³-hybridized carbons (Fsp3) is 0.333. The predicted molar refractivity (Wildman–Crippen MR) is 102 cm³/mol. The Morgan fingerprint density at radius 2 is 1.73 bits per heavy atom. The van der Waals surface area contributed by atoms with Gasteiger partial charge in [0, 0.05) is 22.4 Å². The number of fused-ring (bicyclic) bond motifs is 3. The molecular weight excluding hydrogens is 328 g/mol. The van der Waals surface area contributed by atoms with Crippen molar-refractivity contribution in [2.45, 2.75) is 32.1 Å². The Bertz CT molecular complexity index is 954. The van der Waals surface area contributed by atoms with Gasteiger partial charge in [0.1, 0.15) is 11.2 Å². The molecular formula is C21H22N2O3. The van der Waals surface area contributed by atoms with Crippen molar-refractivity contribution in [3.8, 4) is 0 Å². The molecule has 3 aromatic rings. The highest BCUT2D eigenvalue weighted by Crippen LogP contribution is 2.30. The van der Waals surface area contributed by atoms with Crippen LogP contribution in [0.15, 0.2) is 46.9 Å². The van der Waals surface area contributed by atoms with E-state index >= 15 is 0 Å². The van der Waals surface area contributed by atoms with Crippen molar-refractivity contribution in [2.24, 2.45) is 5.92 Å². The summed E-state index contributed by atoms with van der Waals surface area (Å²) in [6.07, 6.45) is 5.26. The normalized spacial score (nSPS) is 15.2. The molecule has 5 nitrogen and oxygen atoms in total. The van der Waals surface area contributed by atoms with Crippen molar-refractivity contribution in [1.82, 2.24) is 5.32 Å². The van der Waals surface area contributed by atoms with E-state index in [4.69, 9.17) is 4.42 Å². The van der Waals surface area contributed by atoms with E-state index in [1.54, 1.807) is 0 Å². The second-order valence-electron chi connectivity index (χ2n) is 6.91. The number of rotatable bonds is 4. The number of furan rings is 1. The molecule has 2 amide bonds. The zero-order valence-electron chi connectivity index (χ0n) is 14.6. The summed E-state index contributed by atoms with van der Waals surface area (Å²) in [7, 11) is 0. The molecule has 2 aromatic carbocycles. The maximum atomic E-state index is 12.2. The van der Waals surface area contributed by atoms with E-state index in [-0.39, 0.29) is 24.3 Å². The molecule has 0 bridgehead atoms. The van der Waals surface area contributed by atoms with Crippen molar-refractivity contribution in [3.05, 3.63) is 42.5 Å². The van der Waals surface area contributed by atoms with E-state index in [0.717, 1.165) is 47.6 Å². The van der Waals surface area contributed by atoms with Crippen LogP contribution in [0.1, 0.15) is 32.1 Å². The summed E-state index contributed by atoms with van der Waals surface area (Å²) in [6.45, 7) is -0.000491. The molecule has 1 aliphatic rings. The molecule has 26 heavy (non-hydrogen) atoms. The number of hydrogen-bond acceptors (Lipinski definition) is 3. The van der Waals surface area contributed by atoms with Crippen LogP contribution in [0.5, 0.6) is 0 Å². The number of benzene rings is 2. The average Bonchev–Trinajstić information content (AvgIpc) is 3.05. The monoisotopic (exact) mass is 350 g/mol. The highest BCUT2D eigenvalue weighted by molar-refractivity contribution is 6.07. The minimum absolute atomic E-state index is 0.000491. The maximum absolute atomic E-state index is 12.2. The standard InChI is InChI=1S/C21H22N2O3/c24-20(13-22-21(25)14-6-2-1-3-7-14)23-15-10-11-19-17(12-15)16-8-4-5-9-18(16)26-19/h4-5,8-12,14H,1-3,6-7,13H2,(H,22,25)(H,23,24). The lowest BCUT2D eigenvalue weighted by Crippen LogP contribution is -2.37. The van der Waals surface area contributed by atoms with Crippen molar-refractivity contribution in [2.75, 3.05) is 11.9 Å². The van der Waals surface area contributed by atoms with Crippen LogP contribution in [-0.2, 0) is 9.59 Å². The number of hydrogen-bond donors (Lipinski definition) is 2. The summed E-state index contributed by atoms with van der Waals surface area (Å²) >= 11 is 0. The molecule has 134 valence electrons. The van der Waals surface area contributed by atoms with Crippen LogP contribution in [0.2, 0.25) is 0 Å². The lowest BCUT2D eigenvalue weighted by molar-refractivity contribution is -0.128. The third-order valence-corrected chi connectivity index (χ3v) is 5.06. The molecule has 1 saturated carbocycles. The van der Waals surface area contributed by atoms with E-state index in [1.165, 1.54) is 6.42 Å². The van der Waals surface area contributed by atoms with Gasteiger partial charge in [-0.25, -0.2) is 0 Å². The van der Waals surface area contributed by atoms with E-state index in [1.807, 2.05) is 42.5 Å². The van der Waals surface area contributed by atoms with Gasteiger partial charge in [-0.3, -0.25) is 9.59 Å².